The normalized spacial score (nSPS) is 16.3. The minimum Gasteiger partial charge on any atom is -0.352 e. The van der Waals surface area contributed by atoms with Gasteiger partial charge in [-0.15, -0.1) is 0 Å². The SMILES string of the molecule is CC1=CCc2c(c(C)n(C)c2C)C1.CC1=NC(=O)c2ccc(C)cc21.Cc1ccc2c(c1)C(C)(C)N(C)C2=O. The molecule has 2 aromatic carbocycles. The van der Waals surface area contributed by atoms with Crippen molar-refractivity contribution in [2.75, 3.05) is 7.05 Å². The zero-order valence-electron chi connectivity index (χ0n) is 25.1. The summed E-state index contributed by atoms with van der Waals surface area (Å²) in [7, 11) is 4.02. The summed E-state index contributed by atoms with van der Waals surface area (Å²) in [5.74, 6) is 0.0208. The number of carbonyl (C=O) groups excluding carboxylic acids is 2. The van der Waals surface area contributed by atoms with Crippen LogP contribution in [-0.4, -0.2) is 34.0 Å². The monoisotopic (exact) mass is 523 g/mol. The third kappa shape index (κ3) is 5.15. The van der Waals surface area contributed by atoms with Gasteiger partial charge in [-0.25, -0.2) is 4.99 Å². The molecule has 0 N–H and O–H groups in total. The van der Waals surface area contributed by atoms with E-state index < -0.39 is 0 Å². The van der Waals surface area contributed by atoms with E-state index in [0.717, 1.165) is 46.4 Å². The van der Waals surface area contributed by atoms with Crippen LogP contribution in [0.5, 0.6) is 0 Å². The summed E-state index contributed by atoms with van der Waals surface area (Å²) < 4.78 is 2.32. The molecule has 6 rings (SSSR count). The van der Waals surface area contributed by atoms with Gasteiger partial charge in [-0.2, -0.15) is 0 Å². The molecule has 1 aromatic heterocycles. The summed E-state index contributed by atoms with van der Waals surface area (Å²) >= 11 is 0. The van der Waals surface area contributed by atoms with Crippen LogP contribution in [0, 0.1) is 27.7 Å². The lowest BCUT2D eigenvalue weighted by molar-refractivity contribution is 0.0691. The van der Waals surface area contributed by atoms with Gasteiger partial charge < -0.3 is 9.47 Å². The number of amides is 2. The second-order valence-electron chi connectivity index (χ2n) is 11.6. The average Bonchev–Trinajstić information content (AvgIpc) is 3.36. The molecular formula is C34H41N3O2. The minimum atomic E-state index is -0.168. The van der Waals surface area contributed by atoms with Crippen molar-refractivity contribution in [1.82, 2.24) is 9.47 Å². The van der Waals surface area contributed by atoms with E-state index in [-0.39, 0.29) is 17.4 Å². The molecule has 204 valence electrons. The second kappa shape index (κ2) is 10.4. The Bertz CT molecular complexity index is 1550. The highest BCUT2D eigenvalue weighted by Gasteiger charge is 2.40. The summed E-state index contributed by atoms with van der Waals surface area (Å²) in [6.45, 7) is 16.8. The quantitative estimate of drug-likeness (QED) is 0.299. The van der Waals surface area contributed by atoms with Crippen molar-refractivity contribution < 1.29 is 9.59 Å². The van der Waals surface area contributed by atoms with Crippen LogP contribution in [0.3, 0.4) is 0 Å². The van der Waals surface area contributed by atoms with Gasteiger partial charge >= 0.3 is 0 Å². The third-order valence-electron chi connectivity index (χ3n) is 8.63. The number of hydrogen-bond acceptors (Lipinski definition) is 2. The standard InChI is InChI=1S/C12H15NO.C12H17N.C10H9NO/c1-8-5-6-9-10(7-8)12(2,3)13(4)11(9)14;1-8-5-6-11-9(2)13(4)10(3)12(11)7-8;1-6-3-4-8-9(5-6)7(2)11-10(8)12/h5-7H,1-4H3;5H,6-7H2,1-4H3;3-5H,1-2H3. The molecule has 5 nitrogen and oxygen atoms in total. The zero-order valence-corrected chi connectivity index (χ0v) is 25.1. The molecule has 2 aliphatic heterocycles. The van der Waals surface area contributed by atoms with E-state index in [9.17, 15) is 9.59 Å². The minimum absolute atomic E-state index is 0.109. The van der Waals surface area contributed by atoms with Gasteiger partial charge in [0.05, 0.1) is 11.1 Å². The van der Waals surface area contributed by atoms with E-state index >= 15 is 0 Å². The predicted molar refractivity (Wildman–Crippen MR) is 160 cm³/mol. The number of aryl methyl sites for hydroxylation is 2. The molecule has 3 heterocycles. The van der Waals surface area contributed by atoms with E-state index in [1.807, 2.05) is 51.2 Å². The van der Waals surface area contributed by atoms with Crippen molar-refractivity contribution in [1.29, 1.82) is 0 Å². The first-order valence-electron chi connectivity index (χ1n) is 13.6. The Balaban J connectivity index is 0.000000136. The van der Waals surface area contributed by atoms with Crippen molar-refractivity contribution >= 4 is 17.5 Å². The Hall–Kier alpha value is -3.73. The number of carbonyl (C=O) groups is 2. The summed E-state index contributed by atoms with van der Waals surface area (Å²) in [6.07, 6.45) is 4.65. The van der Waals surface area contributed by atoms with Crippen molar-refractivity contribution in [2.45, 2.75) is 73.8 Å². The van der Waals surface area contributed by atoms with Gasteiger partial charge in [0.15, 0.2) is 0 Å². The molecule has 39 heavy (non-hydrogen) atoms. The highest BCUT2D eigenvalue weighted by molar-refractivity contribution is 6.20. The van der Waals surface area contributed by atoms with Crippen LogP contribution >= 0.6 is 0 Å². The highest BCUT2D eigenvalue weighted by Crippen LogP contribution is 2.37. The molecule has 3 aliphatic rings. The number of allylic oxidation sites excluding steroid dienone is 2. The number of hydrogen-bond donors (Lipinski definition) is 0. The van der Waals surface area contributed by atoms with Crippen LogP contribution in [0.15, 0.2) is 53.0 Å². The molecule has 0 atom stereocenters. The van der Waals surface area contributed by atoms with E-state index in [2.05, 4.69) is 70.3 Å². The fourth-order valence-electron chi connectivity index (χ4n) is 5.61. The summed E-state index contributed by atoms with van der Waals surface area (Å²) in [4.78, 5) is 28.7. The van der Waals surface area contributed by atoms with Crippen molar-refractivity contribution in [3.05, 3.63) is 104 Å². The summed E-state index contributed by atoms with van der Waals surface area (Å²) in [5, 5.41) is 0. The lowest BCUT2D eigenvalue weighted by Gasteiger charge is -2.28. The van der Waals surface area contributed by atoms with Crippen LogP contribution in [0.1, 0.15) is 93.2 Å². The van der Waals surface area contributed by atoms with Crippen molar-refractivity contribution in [3.8, 4) is 0 Å². The van der Waals surface area contributed by atoms with Crippen molar-refractivity contribution in [2.24, 2.45) is 12.0 Å². The lowest BCUT2D eigenvalue weighted by atomic mass is 9.93. The number of rotatable bonds is 0. The van der Waals surface area contributed by atoms with Gasteiger partial charge in [0, 0.05) is 42.3 Å². The van der Waals surface area contributed by atoms with Gasteiger partial charge in [0.2, 0.25) is 0 Å². The fourth-order valence-corrected chi connectivity index (χ4v) is 5.61. The lowest BCUT2D eigenvalue weighted by Crippen LogP contribution is -2.35. The maximum absolute atomic E-state index is 11.8. The zero-order chi connectivity index (χ0) is 28.8. The maximum atomic E-state index is 11.8. The van der Waals surface area contributed by atoms with Crippen LogP contribution < -0.4 is 0 Å². The molecule has 0 unspecified atom stereocenters. The van der Waals surface area contributed by atoms with E-state index in [1.54, 1.807) is 16.0 Å². The second-order valence-corrected chi connectivity index (χ2v) is 11.6. The first kappa shape index (κ1) is 28.3. The number of nitrogens with zero attached hydrogens (tertiary/aromatic N) is 3. The van der Waals surface area contributed by atoms with Crippen LogP contribution in [0.2, 0.25) is 0 Å². The van der Waals surface area contributed by atoms with Gasteiger partial charge in [-0.05, 0) is 103 Å². The molecule has 5 heteroatoms. The number of benzene rings is 2. The maximum Gasteiger partial charge on any atom is 0.277 e. The molecule has 1 aliphatic carbocycles. The Labute approximate surface area is 233 Å². The van der Waals surface area contributed by atoms with Gasteiger partial charge in [-0.3, -0.25) is 9.59 Å². The third-order valence-corrected chi connectivity index (χ3v) is 8.63. The molecule has 0 saturated carbocycles. The molecule has 0 bridgehead atoms. The van der Waals surface area contributed by atoms with E-state index in [0.29, 0.717) is 0 Å². The molecule has 2 amide bonds. The molecular weight excluding hydrogens is 482 g/mol. The molecule has 0 fully saturated rings. The Kier molecular flexibility index (Phi) is 7.57. The first-order valence-corrected chi connectivity index (χ1v) is 13.6. The van der Waals surface area contributed by atoms with Gasteiger partial charge in [0.25, 0.3) is 11.8 Å². The van der Waals surface area contributed by atoms with Gasteiger partial charge in [0.1, 0.15) is 0 Å². The average molecular weight is 524 g/mol. The molecule has 0 radical (unpaired) electrons. The summed E-state index contributed by atoms with van der Waals surface area (Å²) in [6, 6.07) is 11.8. The first-order chi connectivity index (χ1) is 18.2. The summed E-state index contributed by atoms with van der Waals surface area (Å²) in [5.41, 5.74) is 14.3. The Morgan fingerprint density at radius 3 is 2.03 bits per heavy atom. The Morgan fingerprint density at radius 2 is 1.36 bits per heavy atom. The van der Waals surface area contributed by atoms with Crippen molar-refractivity contribution in [3.63, 3.8) is 0 Å². The Morgan fingerprint density at radius 1 is 0.769 bits per heavy atom. The number of aliphatic imine (C=N–C) groups is 1. The fraction of sp³-hybridized carbons (Fsp3) is 0.382. The molecule has 0 spiro atoms. The van der Waals surface area contributed by atoms with Crippen LogP contribution in [-0.2, 0) is 25.4 Å². The smallest absolute Gasteiger partial charge is 0.277 e. The topological polar surface area (TPSA) is 54.7 Å². The van der Waals surface area contributed by atoms with Gasteiger partial charge in [-0.1, -0.05) is 41.0 Å². The van der Waals surface area contributed by atoms with E-state index in [4.69, 9.17) is 0 Å². The van der Waals surface area contributed by atoms with Crippen LogP contribution in [0.4, 0.5) is 0 Å². The highest BCUT2D eigenvalue weighted by atomic mass is 16.2. The number of fused-ring (bicyclic) bond motifs is 3. The molecule has 3 aromatic rings. The largest absolute Gasteiger partial charge is 0.352 e. The predicted octanol–water partition coefficient (Wildman–Crippen LogP) is 6.96. The van der Waals surface area contributed by atoms with E-state index in [1.165, 1.54) is 22.5 Å². The molecule has 0 saturated heterocycles. The number of aromatic nitrogens is 1. The van der Waals surface area contributed by atoms with Crippen LogP contribution in [0.25, 0.3) is 0 Å².